The molecule has 0 aliphatic carbocycles. The zero-order chi connectivity index (χ0) is 28.3. The Hall–Kier alpha value is -2.82. The molecule has 0 unspecified atom stereocenters. The van der Waals surface area contributed by atoms with Gasteiger partial charge in [-0.25, -0.2) is 9.78 Å². The van der Waals surface area contributed by atoms with Crippen molar-refractivity contribution in [2.45, 2.75) is 122 Å². The highest BCUT2D eigenvalue weighted by Gasteiger charge is 2.09. The van der Waals surface area contributed by atoms with E-state index < -0.39 is 0 Å². The first kappa shape index (κ1) is 31.7. The van der Waals surface area contributed by atoms with Crippen LogP contribution in [0.25, 0.3) is 11.0 Å². The summed E-state index contributed by atoms with van der Waals surface area (Å²) in [6.07, 6.45) is 23.8. The second-order valence-electron chi connectivity index (χ2n) is 11.2. The van der Waals surface area contributed by atoms with Crippen LogP contribution in [0.4, 0.5) is 0 Å². The lowest BCUT2D eigenvalue weighted by Crippen LogP contribution is -2.00. The Morgan fingerprint density at radius 3 is 1.88 bits per heavy atom. The fourth-order valence-corrected chi connectivity index (χ4v) is 5.28. The molecular formula is C35H52N2O3. The molecule has 40 heavy (non-hydrogen) atoms. The third kappa shape index (κ3) is 12.1. The third-order valence-corrected chi connectivity index (χ3v) is 7.79. The lowest BCUT2D eigenvalue weighted by Gasteiger charge is -2.07. The van der Waals surface area contributed by atoms with Crippen LogP contribution in [0, 0.1) is 0 Å². The number of aryl methyl sites for hydroxylation is 2. The van der Waals surface area contributed by atoms with E-state index in [1.54, 1.807) is 12.1 Å². The number of hydrogen-bond acceptors (Lipinski definition) is 4. The Bertz CT molecular complexity index is 1090. The molecule has 0 aliphatic rings. The predicted octanol–water partition coefficient (Wildman–Crippen LogP) is 9.78. The molecule has 5 heteroatoms. The number of imidazole rings is 1. The molecule has 0 bridgehead atoms. The third-order valence-electron chi connectivity index (χ3n) is 7.79. The smallest absolute Gasteiger partial charge is 0.337 e. The van der Waals surface area contributed by atoms with Crippen molar-refractivity contribution in [1.29, 1.82) is 0 Å². The Balaban J connectivity index is 1.17. The molecule has 1 heterocycles. The average molecular weight is 549 g/mol. The topological polar surface area (TPSA) is 64.2 Å². The van der Waals surface area contributed by atoms with Gasteiger partial charge in [-0.2, -0.15) is 0 Å². The molecule has 1 aromatic heterocycles. The minimum atomic E-state index is -0.338. The fraction of sp³-hybridized carbons (Fsp3) is 0.600. The van der Waals surface area contributed by atoms with Gasteiger partial charge >= 0.3 is 5.97 Å². The van der Waals surface area contributed by atoms with Gasteiger partial charge < -0.3 is 14.5 Å². The lowest BCUT2D eigenvalue weighted by molar-refractivity contribution is 0.0601. The summed E-state index contributed by atoms with van der Waals surface area (Å²) < 4.78 is 10.8. The van der Waals surface area contributed by atoms with Gasteiger partial charge in [0, 0.05) is 6.42 Å². The standard InChI is InChI=1S/C35H52N2O3/c1-3-4-5-6-7-8-9-10-11-12-13-14-15-16-17-18-27-40-31-23-19-29(20-24-31)21-26-34-36-32-25-22-30(35(38)39-2)28-33(32)37-34/h19-20,22-25,28H,3-18,21,26-27H2,1-2H3,(H,36,37). The van der Waals surface area contributed by atoms with Gasteiger partial charge in [0.2, 0.25) is 0 Å². The van der Waals surface area contributed by atoms with Crippen LogP contribution >= 0.6 is 0 Å². The van der Waals surface area contributed by atoms with Gasteiger partial charge in [0.25, 0.3) is 0 Å². The van der Waals surface area contributed by atoms with E-state index in [1.165, 1.54) is 109 Å². The van der Waals surface area contributed by atoms with Crippen molar-refractivity contribution in [3.63, 3.8) is 0 Å². The van der Waals surface area contributed by atoms with Crippen LogP contribution in [0.1, 0.15) is 131 Å². The van der Waals surface area contributed by atoms with Crippen LogP contribution in [0.15, 0.2) is 42.5 Å². The highest BCUT2D eigenvalue weighted by molar-refractivity contribution is 5.93. The predicted molar refractivity (Wildman–Crippen MR) is 166 cm³/mol. The maximum absolute atomic E-state index is 11.7. The summed E-state index contributed by atoms with van der Waals surface area (Å²) in [5.41, 5.74) is 3.50. The second kappa shape index (κ2) is 19.3. The first-order valence-corrected chi connectivity index (χ1v) is 16.0. The minimum Gasteiger partial charge on any atom is -0.494 e. The van der Waals surface area contributed by atoms with Gasteiger partial charge in [0.1, 0.15) is 11.6 Å². The van der Waals surface area contributed by atoms with Gasteiger partial charge in [-0.15, -0.1) is 0 Å². The Morgan fingerprint density at radius 2 is 1.30 bits per heavy atom. The van der Waals surface area contributed by atoms with Crippen molar-refractivity contribution < 1.29 is 14.3 Å². The van der Waals surface area contributed by atoms with Crippen molar-refractivity contribution in [2.24, 2.45) is 0 Å². The van der Waals surface area contributed by atoms with E-state index in [2.05, 4.69) is 41.2 Å². The van der Waals surface area contributed by atoms with E-state index in [0.29, 0.717) is 5.56 Å². The number of aromatic nitrogens is 2. The number of unbranched alkanes of at least 4 members (excludes halogenated alkanes) is 15. The number of fused-ring (bicyclic) bond motifs is 1. The maximum Gasteiger partial charge on any atom is 0.337 e. The number of rotatable bonds is 22. The monoisotopic (exact) mass is 548 g/mol. The number of H-pyrrole nitrogens is 1. The molecule has 0 spiro atoms. The van der Waals surface area contributed by atoms with Crippen molar-refractivity contribution in [1.82, 2.24) is 9.97 Å². The van der Waals surface area contributed by atoms with E-state index in [9.17, 15) is 4.79 Å². The normalized spacial score (nSPS) is 11.2. The van der Waals surface area contributed by atoms with Crippen molar-refractivity contribution in [3.05, 3.63) is 59.4 Å². The van der Waals surface area contributed by atoms with Gasteiger partial charge in [-0.05, 0) is 48.7 Å². The summed E-state index contributed by atoms with van der Waals surface area (Å²) in [5.74, 6) is 1.53. The summed E-state index contributed by atoms with van der Waals surface area (Å²) in [6, 6.07) is 13.8. The van der Waals surface area contributed by atoms with Gasteiger partial charge in [0.15, 0.2) is 0 Å². The minimum absolute atomic E-state index is 0.338. The molecule has 3 rings (SSSR count). The molecule has 5 nitrogen and oxygen atoms in total. The van der Waals surface area contributed by atoms with Crippen LogP contribution in [-0.4, -0.2) is 29.7 Å². The number of aromatic amines is 1. The van der Waals surface area contributed by atoms with Crippen LogP contribution < -0.4 is 4.74 Å². The van der Waals surface area contributed by atoms with Crippen LogP contribution in [-0.2, 0) is 17.6 Å². The molecule has 0 radical (unpaired) electrons. The highest BCUT2D eigenvalue weighted by atomic mass is 16.5. The Labute approximate surface area is 242 Å². The molecule has 0 amide bonds. The van der Waals surface area contributed by atoms with Crippen LogP contribution in [0.5, 0.6) is 5.75 Å². The second-order valence-corrected chi connectivity index (χ2v) is 11.2. The lowest BCUT2D eigenvalue weighted by atomic mass is 10.0. The number of carbonyl (C=O) groups is 1. The van der Waals surface area contributed by atoms with E-state index in [4.69, 9.17) is 9.47 Å². The van der Waals surface area contributed by atoms with Crippen molar-refractivity contribution in [2.75, 3.05) is 13.7 Å². The number of esters is 1. The first-order valence-electron chi connectivity index (χ1n) is 16.0. The summed E-state index contributed by atoms with van der Waals surface area (Å²) >= 11 is 0. The number of methoxy groups -OCH3 is 1. The molecule has 0 saturated heterocycles. The van der Waals surface area contributed by atoms with Gasteiger partial charge in [-0.3, -0.25) is 0 Å². The summed E-state index contributed by atoms with van der Waals surface area (Å²) in [5, 5.41) is 0. The summed E-state index contributed by atoms with van der Waals surface area (Å²) in [4.78, 5) is 19.7. The quantitative estimate of drug-likeness (QED) is 0.100. The number of hydrogen-bond donors (Lipinski definition) is 1. The molecule has 0 saturated carbocycles. The highest BCUT2D eigenvalue weighted by Crippen LogP contribution is 2.18. The molecule has 0 fully saturated rings. The number of nitrogens with one attached hydrogen (secondary N) is 1. The van der Waals surface area contributed by atoms with Crippen LogP contribution in [0.2, 0.25) is 0 Å². The van der Waals surface area contributed by atoms with Crippen LogP contribution in [0.3, 0.4) is 0 Å². The number of benzene rings is 2. The summed E-state index contributed by atoms with van der Waals surface area (Å²) in [7, 11) is 1.39. The fourth-order valence-electron chi connectivity index (χ4n) is 5.28. The Kier molecular flexibility index (Phi) is 15.3. The number of nitrogens with zero attached hydrogens (tertiary/aromatic N) is 1. The molecular weight excluding hydrogens is 496 g/mol. The number of carbonyl (C=O) groups excluding carboxylic acids is 1. The van der Waals surface area contributed by atoms with E-state index in [0.717, 1.165) is 48.5 Å². The summed E-state index contributed by atoms with van der Waals surface area (Å²) in [6.45, 7) is 3.08. The Morgan fingerprint density at radius 1 is 0.725 bits per heavy atom. The van der Waals surface area contributed by atoms with E-state index in [1.807, 2.05) is 6.07 Å². The number of ether oxygens (including phenoxy) is 2. The zero-order valence-electron chi connectivity index (χ0n) is 25.1. The largest absolute Gasteiger partial charge is 0.494 e. The zero-order valence-corrected chi connectivity index (χ0v) is 25.1. The molecule has 0 aliphatic heterocycles. The molecule has 0 atom stereocenters. The molecule has 3 aromatic rings. The van der Waals surface area contributed by atoms with Crippen molar-refractivity contribution >= 4 is 17.0 Å². The molecule has 220 valence electrons. The van der Waals surface area contributed by atoms with Gasteiger partial charge in [-0.1, -0.05) is 115 Å². The van der Waals surface area contributed by atoms with Gasteiger partial charge in [0.05, 0.1) is 30.3 Å². The first-order chi connectivity index (χ1) is 19.7. The molecule has 1 N–H and O–H groups in total. The van der Waals surface area contributed by atoms with E-state index in [-0.39, 0.29) is 5.97 Å². The van der Waals surface area contributed by atoms with Crippen molar-refractivity contribution in [3.8, 4) is 5.75 Å². The average Bonchev–Trinajstić information content (AvgIpc) is 3.40. The van der Waals surface area contributed by atoms with E-state index >= 15 is 0 Å². The maximum atomic E-state index is 11.7. The molecule has 2 aromatic carbocycles. The SMILES string of the molecule is CCCCCCCCCCCCCCCCCCOc1ccc(CCc2nc3ccc(C(=O)OC)cc3[nH]2)cc1.